The predicted molar refractivity (Wildman–Crippen MR) is 67.4 cm³/mol. The lowest BCUT2D eigenvalue weighted by molar-refractivity contribution is 0.571. The SMILES string of the molecule is Cc1c(CN[C@@H](C)c2cccnc2)cnn1C. The van der Waals surface area contributed by atoms with Gasteiger partial charge in [0, 0.05) is 43.3 Å². The molecule has 0 saturated carbocycles. The number of nitrogens with zero attached hydrogens (tertiary/aromatic N) is 3. The Bertz CT molecular complexity index is 475. The molecule has 4 nitrogen and oxygen atoms in total. The van der Waals surface area contributed by atoms with Crippen LogP contribution in [0.25, 0.3) is 0 Å². The van der Waals surface area contributed by atoms with Crippen molar-refractivity contribution in [2.45, 2.75) is 26.4 Å². The van der Waals surface area contributed by atoms with Crippen LogP contribution in [0.5, 0.6) is 0 Å². The van der Waals surface area contributed by atoms with Gasteiger partial charge in [0.15, 0.2) is 0 Å². The molecule has 17 heavy (non-hydrogen) atoms. The smallest absolute Gasteiger partial charge is 0.0537 e. The molecule has 0 aliphatic carbocycles. The third kappa shape index (κ3) is 2.71. The number of rotatable bonds is 4. The summed E-state index contributed by atoms with van der Waals surface area (Å²) in [7, 11) is 1.96. The molecule has 2 aromatic rings. The molecule has 0 aromatic carbocycles. The molecule has 0 spiro atoms. The average molecular weight is 230 g/mol. The number of pyridine rings is 1. The molecular formula is C13H18N4. The molecule has 0 radical (unpaired) electrons. The monoisotopic (exact) mass is 230 g/mol. The van der Waals surface area contributed by atoms with Gasteiger partial charge in [-0.15, -0.1) is 0 Å². The maximum atomic E-state index is 4.23. The number of nitrogens with one attached hydrogen (secondary N) is 1. The van der Waals surface area contributed by atoms with E-state index >= 15 is 0 Å². The summed E-state index contributed by atoms with van der Waals surface area (Å²) in [5, 5.41) is 7.71. The zero-order valence-electron chi connectivity index (χ0n) is 10.5. The van der Waals surface area contributed by atoms with E-state index in [1.54, 1.807) is 6.20 Å². The van der Waals surface area contributed by atoms with Crippen LogP contribution in [0.15, 0.2) is 30.7 Å². The Morgan fingerprint density at radius 3 is 2.82 bits per heavy atom. The second kappa shape index (κ2) is 5.10. The first kappa shape index (κ1) is 11.8. The first-order valence-electron chi connectivity index (χ1n) is 5.79. The fourth-order valence-electron chi connectivity index (χ4n) is 1.73. The lowest BCUT2D eigenvalue weighted by Gasteiger charge is -2.13. The Hall–Kier alpha value is -1.68. The molecular weight excluding hydrogens is 212 g/mol. The van der Waals surface area contributed by atoms with Gasteiger partial charge < -0.3 is 5.32 Å². The lowest BCUT2D eigenvalue weighted by atomic mass is 10.1. The van der Waals surface area contributed by atoms with Gasteiger partial charge in [-0.2, -0.15) is 5.10 Å². The minimum atomic E-state index is 0.295. The topological polar surface area (TPSA) is 42.7 Å². The van der Waals surface area contributed by atoms with E-state index in [-0.39, 0.29) is 0 Å². The maximum absolute atomic E-state index is 4.23. The van der Waals surface area contributed by atoms with Crippen LogP contribution in [-0.2, 0) is 13.6 Å². The number of hydrogen-bond acceptors (Lipinski definition) is 3. The van der Waals surface area contributed by atoms with Gasteiger partial charge in [0.05, 0.1) is 6.20 Å². The van der Waals surface area contributed by atoms with Crippen molar-refractivity contribution in [2.24, 2.45) is 7.05 Å². The summed E-state index contributed by atoms with van der Waals surface area (Å²) in [5.74, 6) is 0. The average Bonchev–Trinajstić information content (AvgIpc) is 2.68. The van der Waals surface area contributed by atoms with Crippen LogP contribution in [0, 0.1) is 6.92 Å². The summed E-state index contributed by atoms with van der Waals surface area (Å²) >= 11 is 0. The first-order chi connectivity index (χ1) is 8.18. The van der Waals surface area contributed by atoms with E-state index in [1.807, 2.05) is 30.2 Å². The fraction of sp³-hybridized carbons (Fsp3) is 0.385. The van der Waals surface area contributed by atoms with Crippen LogP contribution >= 0.6 is 0 Å². The van der Waals surface area contributed by atoms with Gasteiger partial charge in [-0.05, 0) is 25.5 Å². The summed E-state index contributed by atoms with van der Waals surface area (Å²) in [4.78, 5) is 4.13. The molecule has 0 aliphatic rings. The van der Waals surface area contributed by atoms with Crippen LogP contribution in [0.3, 0.4) is 0 Å². The molecule has 1 atom stereocenters. The molecule has 0 amide bonds. The Morgan fingerprint density at radius 2 is 2.24 bits per heavy atom. The highest BCUT2D eigenvalue weighted by Gasteiger charge is 2.07. The van der Waals surface area contributed by atoms with Crippen LogP contribution < -0.4 is 5.32 Å². The van der Waals surface area contributed by atoms with Gasteiger partial charge in [-0.3, -0.25) is 9.67 Å². The van der Waals surface area contributed by atoms with Gasteiger partial charge in [-0.25, -0.2) is 0 Å². The molecule has 0 bridgehead atoms. The van der Waals surface area contributed by atoms with E-state index < -0.39 is 0 Å². The highest BCUT2D eigenvalue weighted by Crippen LogP contribution is 2.12. The van der Waals surface area contributed by atoms with E-state index in [1.165, 1.54) is 16.8 Å². The minimum absolute atomic E-state index is 0.295. The molecule has 0 aliphatic heterocycles. The molecule has 0 unspecified atom stereocenters. The van der Waals surface area contributed by atoms with Crippen LogP contribution in [0.4, 0.5) is 0 Å². The Labute approximate surface area is 102 Å². The number of aromatic nitrogens is 3. The predicted octanol–water partition coefficient (Wildman–Crippen LogP) is 1.97. The summed E-state index contributed by atoms with van der Waals surface area (Å²) in [6.45, 7) is 5.05. The number of hydrogen-bond donors (Lipinski definition) is 1. The van der Waals surface area contributed by atoms with Crippen molar-refractivity contribution in [1.29, 1.82) is 0 Å². The van der Waals surface area contributed by atoms with Gasteiger partial charge >= 0.3 is 0 Å². The lowest BCUT2D eigenvalue weighted by Crippen LogP contribution is -2.18. The minimum Gasteiger partial charge on any atom is -0.306 e. The second-order valence-corrected chi connectivity index (χ2v) is 4.27. The zero-order valence-corrected chi connectivity index (χ0v) is 10.5. The zero-order chi connectivity index (χ0) is 12.3. The molecule has 0 fully saturated rings. The van der Waals surface area contributed by atoms with Gasteiger partial charge in [0.1, 0.15) is 0 Å². The summed E-state index contributed by atoms with van der Waals surface area (Å²) in [5.41, 5.74) is 3.65. The molecule has 2 rings (SSSR count). The van der Waals surface area contributed by atoms with Crippen molar-refractivity contribution in [3.63, 3.8) is 0 Å². The standard InChI is InChI=1S/C13H18N4/c1-10(12-5-4-6-14-7-12)15-8-13-9-16-17(3)11(13)2/h4-7,9-10,15H,8H2,1-3H3/t10-/m0/s1. The Morgan fingerprint density at radius 1 is 1.41 bits per heavy atom. The number of aryl methyl sites for hydroxylation is 1. The normalized spacial score (nSPS) is 12.6. The molecule has 0 saturated heterocycles. The van der Waals surface area contributed by atoms with E-state index in [0.29, 0.717) is 6.04 Å². The van der Waals surface area contributed by atoms with Crippen molar-refractivity contribution < 1.29 is 0 Å². The van der Waals surface area contributed by atoms with Crippen LogP contribution in [0.1, 0.15) is 29.8 Å². The second-order valence-electron chi connectivity index (χ2n) is 4.27. The molecule has 4 heteroatoms. The van der Waals surface area contributed by atoms with Gasteiger partial charge in [0.2, 0.25) is 0 Å². The third-order valence-electron chi connectivity index (χ3n) is 3.12. The van der Waals surface area contributed by atoms with Crippen molar-refractivity contribution in [2.75, 3.05) is 0 Å². The molecule has 90 valence electrons. The van der Waals surface area contributed by atoms with Crippen LogP contribution in [-0.4, -0.2) is 14.8 Å². The van der Waals surface area contributed by atoms with Crippen LogP contribution in [0.2, 0.25) is 0 Å². The first-order valence-corrected chi connectivity index (χ1v) is 5.79. The third-order valence-corrected chi connectivity index (χ3v) is 3.12. The van der Waals surface area contributed by atoms with E-state index in [9.17, 15) is 0 Å². The highest BCUT2D eigenvalue weighted by atomic mass is 15.3. The van der Waals surface area contributed by atoms with Crippen molar-refractivity contribution in [3.05, 3.63) is 47.5 Å². The van der Waals surface area contributed by atoms with E-state index in [0.717, 1.165) is 6.54 Å². The summed E-state index contributed by atoms with van der Waals surface area (Å²) in [6.07, 6.45) is 5.60. The Kier molecular flexibility index (Phi) is 3.54. The van der Waals surface area contributed by atoms with Gasteiger partial charge in [-0.1, -0.05) is 6.07 Å². The maximum Gasteiger partial charge on any atom is 0.0537 e. The summed E-state index contributed by atoms with van der Waals surface area (Å²) in [6, 6.07) is 4.34. The molecule has 2 heterocycles. The Balaban J connectivity index is 1.97. The largest absolute Gasteiger partial charge is 0.306 e. The summed E-state index contributed by atoms with van der Waals surface area (Å²) < 4.78 is 1.89. The highest BCUT2D eigenvalue weighted by molar-refractivity contribution is 5.17. The van der Waals surface area contributed by atoms with Crippen molar-refractivity contribution in [3.8, 4) is 0 Å². The molecule has 2 aromatic heterocycles. The van der Waals surface area contributed by atoms with Crippen molar-refractivity contribution in [1.82, 2.24) is 20.1 Å². The van der Waals surface area contributed by atoms with E-state index in [4.69, 9.17) is 0 Å². The fourth-order valence-corrected chi connectivity index (χ4v) is 1.73. The van der Waals surface area contributed by atoms with Crippen molar-refractivity contribution >= 4 is 0 Å². The van der Waals surface area contributed by atoms with E-state index in [2.05, 4.69) is 35.3 Å². The van der Waals surface area contributed by atoms with Gasteiger partial charge in [0.25, 0.3) is 0 Å². The quantitative estimate of drug-likeness (QED) is 0.873. The molecule has 1 N–H and O–H groups in total.